The molecule has 1 aliphatic rings. The second kappa shape index (κ2) is 8.33. The van der Waals surface area contributed by atoms with Crippen LogP contribution in [0.4, 0.5) is 0 Å². The zero-order valence-corrected chi connectivity index (χ0v) is 11.8. The van der Waals surface area contributed by atoms with Crippen LogP contribution in [0.25, 0.3) is 0 Å². The highest BCUT2D eigenvalue weighted by Gasteiger charge is 2.12. The molecule has 102 valence electrons. The van der Waals surface area contributed by atoms with E-state index in [2.05, 4.69) is 10.3 Å². The predicted octanol–water partition coefficient (Wildman–Crippen LogP) is 2.97. The first-order chi connectivity index (χ1) is 8.34. The maximum atomic E-state index is 5.63. The largest absolute Gasteiger partial charge is 0.478 e. The smallest absolute Gasteiger partial charge is 0.213 e. The Morgan fingerprint density at radius 2 is 2.11 bits per heavy atom. The SMILES string of the molecule is Cc1ccc(OCCCC2CCNCC2)nc1.Cl. The van der Waals surface area contributed by atoms with Crippen LogP contribution in [0.2, 0.25) is 0 Å². The Hall–Kier alpha value is -0.800. The molecule has 1 fully saturated rings. The Balaban J connectivity index is 0.00000162. The molecule has 0 amide bonds. The maximum absolute atomic E-state index is 5.63. The molecule has 0 saturated carbocycles. The van der Waals surface area contributed by atoms with Crippen molar-refractivity contribution in [2.45, 2.75) is 32.6 Å². The maximum Gasteiger partial charge on any atom is 0.213 e. The molecular weight excluding hydrogens is 248 g/mol. The zero-order chi connectivity index (χ0) is 11.9. The molecule has 0 unspecified atom stereocenters. The van der Waals surface area contributed by atoms with Crippen molar-refractivity contribution >= 4 is 12.4 Å². The van der Waals surface area contributed by atoms with Crippen LogP contribution in [0.3, 0.4) is 0 Å². The Kier molecular flexibility index (Phi) is 7.06. The third-order valence-electron chi connectivity index (χ3n) is 3.35. The van der Waals surface area contributed by atoms with Gasteiger partial charge in [0.15, 0.2) is 0 Å². The van der Waals surface area contributed by atoms with E-state index in [1.165, 1.54) is 37.9 Å². The summed E-state index contributed by atoms with van der Waals surface area (Å²) in [4.78, 5) is 4.23. The molecule has 3 nitrogen and oxygen atoms in total. The first kappa shape index (κ1) is 15.3. The van der Waals surface area contributed by atoms with Crippen LogP contribution in [-0.2, 0) is 0 Å². The first-order valence-corrected chi connectivity index (χ1v) is 6.61. The first-order valence-electron chi connectivity index (χ1n) is 6.61. The fourth-order valence-corrected chi connectivity index (χ4v) is 2.26. The molecule has 0 aromatic carbocycles. The Morgan fingerprint density at radius 3 is 2.78 bits per heavy atom. The second-order valence-corrected chi connectivity index (χ2v) is 4.86. The van der Waals surface area contributed by atoms with Gasteiger partial charge in [0, 0.05) is 12.3 Å². The third-order valence-corrected chi connectivity index (χ3v) is 3.35. The molecule has 0 aliphatic carbocycles. The summed E-state index contributed by atoms with van der Waals surface area (Å²) in [5.41, 5.74) is 1.17. The standard InChI is InChI=1S/C14H22N2O.ClH/c1-12-4-5-14(16-11-12)17-10-2-3-13-6-8-15-9-7-13;/h4-5,11,13,15H,2-3,6-10H2,1H3;1H. The summed E-state index contributed by atoms with van der Waals surface area (Å²) in [5, 5.41) is 3.39. The zero-order valence-electron chi connectivity index (χ0n) is 11.0. The minimum Gasteiger partial charge on any atom is -0.478 e. The van der Waals surface area contributed by atoms with Gasteiger partial charge in [0.2, 0.25) is 5.88 Å². The molecule has 0 atom stereocenters. The van der Waals surface area contributed by atoms with Crippen molar-refractivity contribution in [3.63, 3.8) is 0 Å². The normalized spacial score (nSPS) is 16.1. The van der Waals surface area contributed by atoms with Gasteiger partial charge in [-0.15, -0.1) is 12.4 Å². The molecule has 1 aromatic heterocycles. The van der Waals surface area contributed by atoms with Crippen LogP contribution in [0.1, 0.15) is 31.2 Å². The molecule has 0 bridgehead atoms. The number of aryl methyl sites for hydroxylation is 1. The molecule has 18 heavy (non-hydrogen) atoms. The number of rotatable bonds is 5. The van der Waals surface area contributed by atoms with Crippen molar-refractivity contribution in [1.29, 1.82) is 0 Å². The third kappa shape index (κ3) is 5.23. The van der Waals surface area contributed by atoms with E-state index >= 15 is 0 Å². The van der Waals surface area contributed by atoms with E-state index in [9.17, 15) is 0 Å². The lowest BCUT2D eigenvalue weighted by Gasteiger charge is -2.22. The van der Waals surface area contributed by atoms with Crippen molar-refractivity contribution in [2.75, 3.05) is 19.7 Å². The van der Waals surface area contributed by atoms with Crippen molar-refractivity contribution in [2.24, 2.45) is 5.92 Å². The van der Waals surface area contributed by atoms with Gasteiger partial charge in [0.05, 0.1) is 6.61 Å². The van der Waals surface area contributed by atoms with Crippen LogP contribution in [0, 0.1) is 12.8 Å². The van der Waals surface area contributed by atoms with Gasteiger partial charge in [-0.2, -0.15) is 0 Å². The average molecular weight is 271 g/mol. The van der Waals surface area contributed by atoms with Crippen LogP contribution in [0.15, 0.2) is 18.3 Å². The van der Waals surface area contributed by atoms with Gasteiger partial charge >= 0.3 is 0 Å². The van der Waals surface area contributed by atoms with Gasteiger partial charge in [-0.1, -0.05) is 6.07 Å². The van der Waals surface area contributed by atoms with Gasteiger partial charge in [-0.25, -0.2) is 4.98 Å². The summed E-state index contributed by atoms with van der Waals surface area (Å²) in [6.45, 7) is 5.20. The highest BCUT2D eigenvalue weighted by Crippen LogP contribution is 2.17. The van der Waals surface area contributed by atoms with Crippen LogP contribution in [0.5, 0.6) is 5.88 Å². The molecule has 1 aliphatic heterocycles. The summed E-state index contributed by atoms with van der Waals surface area (Å²) >= 11 is 0. The number of nitrogens with zero attached hydrogens (tertiary/aromatic N) is 1. The van der Waals surface area contributed by atoms with Gasteiger partial charge in [0.1, 0.15) is 0 Å². The minimum absolute atomic E-state index is 0. The van der Waals surface area contributed by atoms with Gasteiger partial charge in [0.25, 0.3) is 0 Å². The average Bonchev–Trinajstić information content (AvgIpc) is 2.38. The second-order valence-electron chi connectivity index (χ2n) is 4.86. The number of piperidine rings is 1. The lowest BCUT2D eigenvalue weighted by Crippen LogP contribution is -2.27. The lowest BCUT2D eigenvalue weighted by atomic mass is 9.93. The van der Waals surface area contributed by atoms with Crippen molar-refractivity contribution in [1.82, 2.24) is 10.3 Å². The minimum atomic E-state index is 0. The quantitative estimate of drug-likeness (QED) is 0.836. The van der Waals surface area contributed by atoms with Gasteiger partial charge in [-0.05, 0) is 57.2 Å². The Bertz CT molecular complexity index is 323. The highest BCUT2D eigenvalue weighted by atomic mass is 35.5. The number of hydrogen-bond donors (Lipinski definition) is 1. The summed E-state index contributed by atoms with van der Waals surface area (Å²) in [7, 11) is 0. The molecule has 1 N–H and O–H groups in total. The lowest BCUT2D eigenvalue weighted by molar-refractivity contribution is 0.266. The molecule has 2 rings (SSSR count). The van der Waals surface area contributed by atoms with E-state index in [4.69, 9.17) is 4.74 Å². The predicted molar refractivity (Wildman–Crippen MR) is 76.5 cm³/mol. The Morgan fingerprint density at radius 1 is 1.33 bits per heavy atom. The molecule has 1 saturated heterocycles. The highest BCUT2D eigenvalue weighted by molar-refractivity contribution is 5.85. The molecule has 2 heterocycles. The van der Waals surface area contributed by atoms with Crippen molar-refractivity contribution < 1.29 is 4.74 Å². The van der Waals surface area contributed by atoms with E-state index in [-0.39, 0.29) is 12.4 Å². The molecule has 1 aromatic rings. The van der Waals surface area contributed by atoms with E-state index in [1.54, 1.807) is 0 Å². The van der Waals surface area contributed by atoms with Crippen LogP contribution in [-0.4, -0.2) is 24.7 Å². The fraction of sp³-hybridized carbons (Fsp3) is 0.643. The van der Waals surface area contributed by atoms with Crippen LogP contribution < -0.4 is 10.1 Å². The monoisotopic (exact) mass is 270 g/mol. The van der Waals surface area contributed by atoms with E-state index in [0.717, 1.165) is 24.8 Å². The fourth-order valence-electron chi connectivity index (χ4n) is 2.26. The van der Waals surface area contributed by atoms with E-state index in [1.807, 2.05) is 25.3 Å². The van der Waals surface area contributed by atoms with E-state index < -0.39 is 0 Å². The van der Waals surface area contributed by atoms with Crippen molar-refractivity contribution in [3.8, 4) is 5.88 Å². The molecule has 4 heteroatoms. The van der Waals surface area contributed by atoms with Crippen molar-refractivity contribution in [3.05, 3.63) is 23.9 Å². The number of pyridine rings is 1. The summed E-state index contributed by atoms with van der Waals surface area (Å²) < 4.78 is 5.63. The number of aromatic nitrogens is 1. The summed E-state index contributed by atoms with van der Waals surface area (Å²) in [6, 6.07) is 3.98. The number of ether oxygens (including phenoxy) is 1. The van der Waals surface area contributed by atoms with Gasteiger partial charge in [-0.3, -0.25) is 0 Å². The summed E-state index contributed by atoms with van der Waals surface area (Å²) in [6.07, 6.45) is 6.92. The topological polar surface area (TPSA) is 34.1 Å². The number of hydrogen-bond acceptors (Lipinski definition) is 3. The molecular formula is C14H23ClN2O. The molecule has 0 spiro atoms. The molecule has 0 radical (unpaired) electrons. The van der Waals surface area contributed by atoms with Gasteiger partial charge < -0.3 is 10.1 Å². The summed E-state index contributed by atoms with van der Waals surface area (Å²) in [5.74, 6) is 1.65. The number of halogens is 1. The Labute approximate surface area is 116 Å². The van der Waals surface area contributed by atoms with Crippen LogP contribution >= 0.6 is 12.4 Å². The van der Waals surface area contributed by atoms with E-state index in [0.29, 0.717) is 0 Å². The number of nitrogens with one attached hydrogen (secondary N) is 1.